The standard InChI is InChI=1S/C30H35Cl2N3O4S/c1-5-28(30(37)33-18-21(2)3)34(19-23-10-7-6-9-22(23)4)29(36)20-35(26-12-8-11-25(32)17-26)40(38,39)27-15-13-24(31)14-16-27/h6-17,21,28H,5,18-20H2,1-4H3,(H,33,37)/t28-/m1/s1. The average molecular weight is 605 g/mol. The van der Waals surface area contributed by atoms with Crippen LogP contribution in [0.3, 0.4) is 0 Å². The minimum Gasteiger partial charge on any atom is -0.354 e. The van der Waals surface area contributed by atoms with Crippen molar-refractivity contribution >= 4 is 50.7 Å². The summed E-state index contributed by atoms with van der Waals surface area (Å²) in [7, 11) is -4.20. The summed E-state index contributed by atoms with van der Waals surface area (Å²) >= 11 is 12.2. The maximum Gasteiger partial charge on any atom is 0.264 e. The van der Waals surface area contributed by atoms with Gasteiger partial charge in [0.2, 0.25) is 11.8 Å². The summed E-state index contributed by atoms with van der Waals surface area (Å²) < 4.78 is 28.8. The third-order valence-corrected chi connectivity index (χ3v) is 8.72. The Bertz CT molecular complexity index is 1430. The fourth-order valence-electron chi connectivity index (χ4n) is 4.21. The number of hydrogen-bond acceptors (Lipinski definition) is 4. The molecule has 0 aromatic heterocycles. The third-order valence-electron chi connectivity index (χ3n) is 6.45. The second-order valence-electron chi connectivity index (χ2n) is 9.96. The lowest BCUT2D eigenvalue weighted by Crippen LogP contribution is -2.52. The van der Waals surface area contributed by atoms with E-state index < -0.39 is 28.5 Å². The molecule has 0 heterocycles. The summed E-state index contributed by atoms with van der Waals surface area (Å²) in [6, 6.07) is 18.8. The third kappa shape index (κ3) is 7.99. The average Bonchev–Trinajstić information content (AvgIpc) is 2.91. The number of anilines is 1. The van der Waals surface area contributed by atoms with E-state index in [1.54, 1.807) is 18.2 Å². The lowest BCUT2D eigenvalue weighted by molar-refractivity contribution is -0.140. The first-order valence-electron chi connectivity index (χ1n) is 13.1. The number of nitrogens with one attached hydrogen (secondary N) is 1. The number of carbonyl (C=O) groups is 2. The van der Waals surface area contributed by atoms with Gasteiger partial charge in [-0.25, -0.2) is 8.42 Å². The Hall–Kier alpha value is -3.07. The number of hydrogen-bond donors (Lipinski definition) is 1. The fraction of sp³-hybridized carbons (Fsp3) is 0.333. The van der Waals surface area contributed by atoms with Gasteiger partial charge in [0.05, 0.1) is 10.6 Å². The van der Waals surface area contributed by atoms with E-state index in [9.17, 15) is 18.0 Å². The zero-order valence-electron chi connectivity index (χ0n) is 23.1. The van der Waals surface area contributed by atoms with Crippen LogP contribution in [0.5, 0.6) is 0 Å². The van der Waals surface area contributed by atoms with Gasteiger partial charge in [0, 0.05) is 23.1 Å². The predicted octanol–water partition coefficient (Wildman–Crippen LogP) is 6.08. The Kier molecular flexibility index (Phi) is 11.0. The molecule has 0 aliphatic rings. The van der Waals surface area contributed by atoms with Crippen molar-refractivity contribution in [3.05, 3.63) is 94.0 Å². The zero-order valence-corrected chi connectivity index (χ0v) is 25.4. The highest BCUT2D eigenvalue weighted by molar-refractivity contribution is 7.92. The molecular formula is C30H35Cl2N3O4S. The van der Waals surface area contributed by atoms with Crippen LogP contribution in [0, 0.1) is 12.8 Å². The van der Waals surface area contributed by atoms with Crippen LogP contribution in [0.4, 0.5) is 5.69 Å². The molecule has 0 fully saturated rings. The second-order valence-corrected chi connectivity index (χ2v) is 12.7. The van der Waals surface area contributed by atoms with Crippen molar-refractivity contribution < 1.29 is 18.0 Å². The minimum absolute atomic E-state index is 0.0307. The summed E-state index contributed by atoms with van der Waals surface area (Å²) in [6.45, 7) is 7.80. The van der Waals surface area contributed by atoms with Crippen molar-refractivity contribution in [2.75, 3.05) is 17.4 Å². The topological polar surface area (TPSA) is 86.8 Å². The summed E-state index contributed by atoms with van der Waals surface area (Å²) in [5, 5.41) is 3.63. The number of nitrogens with zero attached hydrogens (tertiary/aromatic N) is 2. The first kappa shape index (κ1) is 31.5. The Morgan fingerprint density at radius 2 is 1.60 bits per heavy atom. The molecular weight excluding hydrogens is 569 g/mol. The van der Waals surface area contributed by atoms with Crippen LogP contribution in [0.2, 0.25) is 10.0 Å². The van der Waals surface area contributed by atoms with Gasteiger partial charge in [-0.2, -0.15) is 0 Å². The van der Waals surface area contributed by atoms with E-state index in [0.29, 0.717) is 23.0 Å². The number of rotatable bonds is 12. The Balaban J connectivity index is 2.06. The van der Waals surface area contributed by atoms with Gasteiger partial charge in [-0.05, 0) is 72.9 Å². The summed E-state index contributed by atoms with van der Waals surface area (Å²) in [5.74, 6) is -0.579. The molecule has 7 nitrogen and oxygen atoms in total. The molecule has 0 unspecified atom stereocenters. The Labute approximate surface area is 247 Å². The molecule has 0 spiro atoms. The summed E-state index contributed by atoms with van der Waals surface area (Å²) in [6.07, 6.45) is 0.350. The lowest BCUT2D eigenvalue weighted by atomic mass is 10.1. The molecule has 0 aliphatic heterocycles. The molecule has 3 aromatic rings. The molecule has 2 amide bonds. The van der Waals surface area contributed by atoms with Crippen LogP contribution >= 0.6 is 23.2 Å². The van der Waals surface area contributed by atoms with Crippen molar-refractivity contribution in [2.45, 2.75) is 51.6 Å². The SMILES string of the molecule is CC[C@H](C(=O)NCC(C)C)N(Cc1ccccc1C)C(=O)CN(c1cccc(Cl)c1)S(=O)(=O)c1ccc(Cl)cc1. The van der Waals surface area contributed by atoms with Crippen LogP contribution in [0.15, 0.2) is 77.7 Å². The predicted molar refractivity (Wildman–Crippen MR) is 161 cm³/mol. The molecule has 0 saturated carbocycles. The van der Waals surface area contributed by atoms with E-state index in [4.69, 9.17) is 23.2 Å². The Morgan fingerprint density at radius 3 is 2.20 bits per heavy atom. The number of amides is 2. The molecule has 10 heteroatoms. The van der Waals surface area contributed by atoms with E-state index >= 15 is 0 Å². The van der Waals surface area contributed by atoms with Gasteiger partial charge >= 0.3 is 0 Å². The minimum atomic E-state index is -4.20. The van der Waals surface area contributed by atoms with Crippen molar-refractivity contribution in [1.82, 2.24) is 10.2 Å². The zero-order chi connectivity index (χ0) is 29.4. The molecule has 1 atom stereocenters. The van der Waals surface area contributed by atoms with E-state index in [2.05, 4.69) is 5.32 Å². The molecule has 1 N–H and O–H groups in total. The lowest BCUT2D eigenvalue weighted by Gasteiger charge is -2.33. The smallest absolute Gasteiger partial charge is 0.264 e. The molecule has 3 rings (SSSR count). The van der Waals surface area contributed by atoms with Gasteiger partial charge in [-0.3, -0.25) is 13.9 Å². The molecule has 0 aliphatic carbocycles. The van der Waals surface area contributed by atoms with Gasteiger partial charge in [0.25, 0.3) is 10.0 Å². The number of halogens is 2. The van der Waals surface area contributed by atoms with Crippen molar-refractivity contribution in [3.8, 4) is 0 Å². The van der Waals surface area contributed by atoms with Gasteiger partial charge in [0.1, 0.15) is 12.6 Å². The van der Waals surface area contributed by atoms with Gasteiger partial charge < -0.3 is 10.2 Å². The highest BCUT2D eigenvalue weighted by atomic mass is 35.5. The summed E-state index contributed by atoms with van der Waals surface area (Å²) in [5.41, 5.74) is 2.04. The number of sulfonamides is 1. The normalized spacial score (nSPS) is 12.2. The Morgan fingerprint density at radius 1 is 0.925 bits per heavy atom. The van der Waals surface area contributed by atoms with Gasteiger partial charge in [0.15, 0.2) is 0 Å². The fourth-order valence-corrected chi connectivity index (χ4v) is 5.92. The molecule has 3 aromatic carbocycles. The maximum atomic E-state index is 14.1. The van der Waals surface area contributed by atoms with Crippen molar-refractivity contribution in [1.29, 1.82) is 0 Å². The number of benzene rings is 3. The largest absolute Gasteiger partial charge is 0.354 e. The van der Waals surface area contributed by atoms with Crippen LogP contribution in [-0.2, 0) is 26.2 Å². The van der Waals surface area contributed by atoms with E-state index in [1.165, 1.54) is 35.2 Å². The number of carbonyl (C=O) groups excluding carboxylic acids is 2. The van der Waals surface area contributed by atoms with Crippen LogP contribution in [0.1, 0.15) is 38.3 Å². The summed E-state index contributed by atoms with van der Waals surface area (Å²) in [4.78, 5) is 28.8. The van der Waals surface area contributed by atoms with Crippen molar-refractivity contribution in [3.63, 3.8) is 0 Å². The van der Waals surface area contributed by atoms with Crippen LogP contribution < -0.4 is 9.62 Å². The molecule has 0 radical (unpaired) electrons. The highest BCUT2D eigenvalue weighted by Crippen LogP contribution is 2.28. The monoisotopic (exact) mass is 603 g/mol. The van der Waals surface area contributed by atoms with Crippen LogP contribution in [0.25, 0.3) is 0 Å². The van der Waals surface area contributed by atoms with Gasteiger partial charge in [-0.15, -0.1) is 0 Å². The van der Waals surface area contributed by atoms with E-state index in [1.807, 2.05) is 52.0 Å². The molecule has 214 valence electrons. The molecule has 40 heavy (non-hydrogen) atoms. The first-order valence-corrected chi connectivity index (χ1v) is 15.3. The second kappa shape index (κ2) is 14.0. The maximum absolute atomic E-state index is 14.1. The van der Waals surface area contributed by atoms with E-state index in [-0.39, 0.29) is 29.0 Å². The van der Waals surface area contributed by atoms with E-state index in [0.717, 1.165) is 15.4 Å². The quantitative estimate of drug-likeness (QED) is 0.272. The number of aryl methyl sites for hydroxylation is 1. The van der Waals surface area contributed by atoms with Crippen LogP contribution in [-0.4, -0.2) is 44.3 Å². The molecule has 0 bridgehead atoms. The van der Waals surface area contributed by atoms with Crippen molar-refractivity contribution in [2.24, 2.45) is 5.92 Å². The first-order chi connectivity index (χ1) is 18.9. The van der Waals surface area contributed by atoms with Gasteiger partial charge in [-0.1, -0.05) is 74.3 Å². The highest BCUT2D eigenvalue weighted by Gasteiger charge is 2.34. The molecule has 0 saturated heterocycles.